The number of hydrogen-bond donors (Lipinski definition) is 2. The minimum absolute atomic E-state index is 0.456. The first kappa shape index (κ1) is 16.3. The number of nitrogens with one attached hydrogen (secondary N) is 1. The van der Waals surface area contributed by atoms with Crippen LogP contribution in [0.2, 0.25) is 0 Å². The molecule has 130 valence electrons. The van der Waals surface area contributed by atoms with Crippen LogP contribution in [-0.4, -0.2) is 57.6 Å². The molecule has 1 aliphatic rings. The molecule has 25 heavy (non-hydrogen) atoms. The number of aromatic amines is 1. The van der Waals surface area contributed by atoms with Gasteiger partial charge in [0, 0.05) is 45.1 Å². The molecule has 0 saturated carbocycles. The first-order valence-electron chi connectivity index (χ1n) is 8.88. The van der Waals surface area contributed by atoms with E-state index in [1.54, 1.807) is 6.20 Å². The predicted molar refractivity (Wildman–Crippen MR) is 99.2 cm³/mol. The van der Waals surface area contributed by atoms with Gasteiger partial charge in [-0.05, 0) is 16.3 Å². The summed E-state index contributed by atoms with van der Waals surface area (Å²) in [6.45, 7) is 5.51. The van der Waals surface area contributed by atoms with Crippen LogP contribution in [0.3, 0.4) is 0 Å². The lowest BCUT2D eigenvalue weighted by Gasteiger charge is -2.35. The molecule has 1 aromatic heterocycles. The Bertz CT molecular complexity index is 804. The lowest BCUT2D eigenvalue weighted by molar-refractivity contribution is 0.0699. The van der Waals surface area contributed by atoms with Gasteiger partial charge in [-0.3, -0.25) is 9.80 Å². The Hall–Kier alpha value is -2.21. The summed E-state index contributed by atoms with van der Waals surface area (Å²) in [6.07, 6.45) is 3.21. The van der Waals surface area contributed by atoms with Crippen molar-refractivity contribution >= 4 is 10.8 Å². The maximum Gasteiger partial charge on any atom is 0.120 e. The summed E-state index contributed by atoms with van der Waals surface area (Å²) in [7, 11) is 0. The quantitative estimate of drug-likeness (QED) is 0.751. The van der Waals surface area contributed by atoms with Crippen LogP contribution in [0.5, 0.6) is 0 Å². The van der Waals surface area contributed by atoms with Crippen molar-refractivity contribution in [2.45, 2.75) is 12.6 Å². The van der Waals surface area contributed by atoms with Crippen LogP contribution in [0.15, 0.2) is 54.9 Å². The van der Waals surface area contributed by atoms with Crippen LogP contribution >= 0.6 is 0 Å². The number of aliphatic hydroxyl groups is 1. The molecule has 5 nitrogen and oxygen atoms in total. The number of rotatable bonds is 5. The SMILES string of the molecule is O[C@@H](CN1CCN(Cc2ncc[nH]2)CC1)c1cccc2ccccc12. The van der Waals surface area contributed by atoms with Crippen molar-refractivity contribution in [3.63, 3.8) is 0 Å². The number of H-pyrrole nitrogens is 1. The second-order valence-electron chi connectivity index (χ2n) is 6.70. The molecule has 2 aromatic carbocycles. The van der Waals surface area contributed by atoms with Crippen molar-refractivity contribution in [3.8, 4) is 0 Å². The van der Waals surface area contributed by atoms with Gasteiger partial charge in [0.1, 0.15) is 5.82 Å². The van der Waals surface area contributed by atoms with Crippen LogP contribution in [0.1, 0.15) is 17.5 Å². The molecule has 2 N–H and O–H groups in total. The highest BCUT2D eigenvalue weighted by Crippen LogP contribution is 2.25. The number of β-amino-alcohol motifs (C(OH)–C–C–N with tert-alkyl or cyclic N) is 1. The molecule has 5 heteroatoms. The molecule has 0 radical (unpaired) electrons. The second-order valence-corrected chi connectivity index (χ2v) is 6.70. The fraction of sp³-hybridized carbons (Fsp3) is 0.350. The van der Waals surface area contributed by atoms with Crippen molar-refractivity contribution in [1.82, 2.24) is 19.8 Å². The average molecular weight is 336 g/mol. The minimum atomic E-state index is -0.456. The number of imidazole rings is 1. The highest BCUT2D eigenvalue weighted by molar-refractivity contribution is 5.85. The standard InChI is InChI=1S/C20H24N4O/c25-19(18-7-3-5-16-4-1-2-6-17(16)18)14-23-10-12-24(13-11-23)15-20-21-8-9-22-20/h1-9,19,25H,10-15H2,(H,21,22)/t19-/m0/s1. The number of aliphatic hydroxyl groups excluding tert-OH is 1. The molecule has 0 amide bonds. The number of benzene rings is 2. The smallest absolute Gasteiger partial charge is 0.120 e. The summed E-state index contributed by atoms with van der Waals surface area (Å²) in [4.78, 5) is 12.2. The van der Waals surface area contributed by atoms with Crippen LogP contribution < -0.4 is 0 Å². The highest BCUT2D eigenvalue weighted by atomic mass is 16.3. The molecular formula is C20H24N4O. The van der Waals surface area contributed by atoms with Crippen molar-refractivity contribution < 1.29 is 5.11 Å². The Kier molecular flexibility index (Phi) is 4.78. The van der Waals surface area contributed by atoms with E-state index < -0.39 is 6.10 Å². The van der Waals surface area contributed by atoms with Crippen LogP contribution in [-0.2, 0) is 6.54 Å². The Morgan fingerprint density at radius 2 is 1.76 bits per heavy atom. The number of piperazine rings is 1. The second kappa shape index (κ2) is 7.35. The monoisotopic (exact) mass is 336 g/mol. The van der Waals surface area contributed by atoms with Crippen molar-refractivity contribution in [2.24, 2.45) is 0 Å². The maximum atomic E-state index is 10.8. The Labute approximate surface area is 147 Å². The van der Waals surface area contributed by atoms with Gasteiger partial charge in [-0.1, -0.05) is 42.5 Å². The number of nitrogens with zero attached hydrogens (tertiary/aromatic N) is 3. The lowest BCUT2D eigenvalue weighted by atomic mass is 10.00. The van der Waals surface area contributed by atoms with E-state index in [9.17, 15) is 5.11 Å². The molecule has 0 spiro atoms. The molecule has 4 rings (SSSR count). The van der Waals surface area contributed by atoms with Gasteiger partial charge in [0.05, 0.1) is 12.6 Å². The summed E-state index contributed by atoms with van der Waals surface area (Å²) in [5.74, 6) is 1.02. The van der Waals surface area contributed by atoms with E-state index in [0.717, 1.165) is 49.5 Å². The molecule has 0 aliphatic carbocycles. The van der Waals surface area contributed by atoms with Gasteiger partial charge in [0.25, 0.3) is 0 Å². The molecule has 1 atom stereocenters. The normalized spacial score (nSPS) is 17.8. The summed E-state index contributed by atoms with van der Waals surface area (Å²) < 4.78 is 0. The topological polar surface area (TPSA) is 55.4 Å². The lowest BCUT2D eigenvalue weighted by Crippen LogP contribution is -2.47. The first-order chi connectivity index (χ1) is 12.3. The fourth-order valence-electron chi connectivity index (χ4n) is 3.61. The largest absolute Gasteiger partial charge is 0.387 e. The van der Waals surface area contributed by atoms with E-state index in [2.05, 4.69) is 38.0 Å². The summed E-state index contributed by atoms with van der Waals surface area (Å²) in [6, 6.07) is 14.4. The van der Waals surface area contributed by atoms with Gasteiger partial charge >= 0.3 is 0 Å². The van der Waals surface area contributed by atoms with E-state index in [1.165, 1.54) is 5.39 Å². The van der Waals surface area contributed by atoms with Crippen molar-refractivity contribution in [3.05, 3.63) is 66.2 Å². The third kappa shape index (κ3) is 3.74. The Balaban J connectivity index is 1.36. The van der Waals surface area contributed by atoms with Gasteiger partial charge in [-0.25, -0.2) is 4.98 Å². The Morgan fingerprint density at radius 1 is 1.00 bits per heavy atom. The number of fused-ring (bicyclic) bond motifs is 1. The molecule has 1 fully saturated rings. The minimum Gasteiger partial charge on any atom is -0.387 e. The van der Waals surface area contributed by atoms with Gasteiger partial charge in [-0.15, -0.1) is 0 Å². The number of aromatic nitrogens is 2. The predicted octanol–water partition coefficient (Wildman–Crippen LogP) is 2.41. The zero-order valence-electron chi connectivity index (χ0n) is 14.3. The van der Waals surface area contributed by atoms with E-state index in [-0.39, 0.29) is 0 Å². The molecule has 1 aliphatic heterocycles. The zero-order chi connectivity index (χ0) is 17.1. The van der Waals surface area contributed by atoms with E-state index in [0.29, 0.717) is 6.54 Å². The molecule has 3 aromatic rings. The zero-order valence-corrected chi connectivity index (χ0v) is 14.3. The third-order valence-corrected chi connectivity index (χ3v) is 5.01. The van der Waals surface area contributed by atoms with E-state index in [4.69, 9.17) is 0 Å². The molecular weight excluding hydrogens is 312 g/mol. The first-order valence-corrected chi connectivity index (χ1v) is 8.88. The Morgan fingerprint density at radius 3 is 2.56 bits per heavy atom. The van der Waals surface area contributed by atoms with Crippen LogP contribution in [0.4, 0.5) is 0 Å². The molecule has 1 saturated heterocycles. The van der Waals surface area contributed by atoms with E-state index in [1.807, 2.05) is 30.5 Å². The summed E-state index contributed by atoms with van der Waals surface area (Å²) >= 11 is 0. The number of hydrogen-bond acceptors (Lipinski definition) is 4. The molecule has 2 heterocycles. The fourth-order valence-corrected chi connectivity index (χ4v) is 3.61. The molecule has 0 unspecified atom stereocenters. The van der Waals surface area contributed by atoms with Gasteiger partial charge in [0.15, 0.2) is 0 Å². The van der Waals surface area contributed by atoms with Gasteiger partial charge < -0.3 is 10.1 Å². The summed E-state index contributed by atoms with van der Waals surface area (Å²) in [5, 5.41) is 13.1. The third-order valence-electron chi connectivity index (χ3n) is 5.01. The van der Waals surface area contributed by atoms with Crippen molar-refractivity contribution in [1.29, 1.82) is 0 Å². The maximum absolute atomic E-state index is 10.8. The van der Waals surface area contributed by atoms with Crippen LogP contribution in [0, 0.1) is 0 Å². The van der Waals surface area contributed by atoms with Gasteiger partial charge in [0.2, 0.25) is 0 Å². The average Bonchev–Trinajstić information content (AvgIpc) is 3.16. The van der Waals surface area contributed by atoms with Gasteiger partial charge in [-0.2, -0.15) is 0 Å². The van der Waals surface area contributed by atoms with E-state index >= 15 is 0 Å². The highest BCUT2D eigenvalue weighted by Gasteiger charge is 2.21. The molecule has 0 bridgehead atoms. The van der Waals surface area contributed by atoms with Crippen LogP contribution in [0.25, 0.3) is 10.8 Å². The summed E-state index contributed by atoms with van der Waals surface area (Å²) in [5.41, 5.74) is 1.02. The van der Waals surface area contributed by atoms with Crippen molar-refractivity contribution in [2.75, 3.05) is 32.7 Å².